The summed E-state index contributed by atoms with van der Waals surface area (Å²) in [5.41, 5.74) is 0.457. The highest BCUT2D eigenvalue weighted by Gasteiger charge is 2.06. The van der Waals surface area contributed by atoms with Crippen LogP contribution in [-0.2, 0) is 12.8 Å². The number of benzene rings is 1. The molecule has 0 amide bonds. The molecular formula is C13H11ClN4OS. The van der Waals surface area contributed by atoms with Crippen LogP contribution in [0.3, 0.4) is 0 Å². The maximum atomic E-state index is 12.0. The lowest BCUT2D eigenvalue weighted by atomic mass is 10.2. The molecule has 2 aromatic heterocycles. The van der Waals surface area contributed by atoms with Crippen molar-refractivity contribution >= 4 is 34.3 Å². The van der Waals surface area contributed by atoms with Crippen molar-refractivity contribution in [2.75, 3.05) is 0 Å². The van der Waals surface area contributed by atoms with Crippen molar-refractivity contribution in [3.63, 3.8) is 0 Å². The Morgan fingerprint density at radius 2 is 2.30 bits per heavy atom. The highest BCUT2D eigenvalue weighted by molar-refractivity contribution is 7.98. The molecule has 0 radical (unpaired) electrons. The van der Waals surface area contributed by atoms with Crippen LogP contribution in [0.1, 0.15) is 5.82 Å². The largest absolute Gasteiger partial charge is 0.329 e. The molecule has 0 spiro atoms. The molecule has 2 heterocycles. The third-order valence-electron chi connectivity index (χ3n) is 2.83. The predicted octanol–water partition coefficient (Wildman–Crippen LogP) is 2.60. The fourth-order valence-corrected chi connectivity index (χ4v) is 2.82. The second kappa shape index (κ2) is 5.30. The van der Waals surface area contributed by atoms with Crippen molar-refractivity contribution in [3.05, 3.63) is 51.8 Å². The normalized spacial score (nSPS) is 11.1. The maximum absolute atomic E-state index is 12.0. The number of halogens is 1. The Kier molecular flexibility index (Phi) is 3.50. The van der Waals surface area contributed by atoms with Crippen LogP contribution in [0.25, 0.3) is 10.9 Å². The number of H-pyrrole nitrogens is 1. The van der Waals surface area contributed by atoms with Crippen molar-refractivity contribution in [3.8, 4) is 0 Å². The van der Waals surface area contributed by atoms with Crippen LogP contribution < -0.4 is 5.56 Å². The summed E-state index contributed by atoms with van der Waals surface area (Å²) in [6, 6.07) is 5.06. The molecule has 20 heavy (non-hydrogen) atoms. The van der Waals surface area contributed by atoms with Crippen molar-refractivity contribution in [1.82, 2.24) is 19.5 Å². The lowest BCUT2D eigenvalue weighted by Gasteiger charge is -2.03. The zero-order valence-corrected chi connectivity index (χ0v) is 12.2. The van der Waals surface area contributed by atoms with E-state index in [1.165, 1.54) is 11.8 Å². The zero-order valence-electron chi connectivity index (χ0n) is 10.6. The van der Waals surface area contributed by atoms with Crippen LogP contribution in [0, 0.1) is 0 Å². The van der Waals surface area contributed by atoms with Gasteiger partial charge in [-0.05, 0) is 18.2 Å². The Morgan fingerprint density at radius 1 is 1.45 bits per heavy atom. The first-order valence-electron chi connectivity index (χ1n) is 5.92. The molecule has 102 valence electrons. The zero-order chi connectivity index (χ0) is 14.1. The van der Waals surface area contributed by atoms with Crippen molar-refractivity contribution in [2.24, 2.45) is 7.05 Å². The van der Waals surface area contributed by atoms with Crippen LogP contribution in [0.5, 0.6) is 0 Å². The minimum absolute atomic E-state index is 0.151. The van der Waals surface area contributed by atoms with Gasteiger partial charge in [0.1, 0.15) is 5.82 Å². The van der Waals surface area contributed by atoms with Gasteiger partial charge in [0.2, 0.25) is 0 Å². The van der Waals surface area contributed by atoms with E-state index in [0.29, 0.717) is 27.5 Å². The minimum atomic E-state index is -0.151. The minimum Gasteiger partial charge on any atom is -0.329 e. The molecule has 0 atom stereocenters. The van der Waals surface area contributed by atoms with Crippen LogP contribution in [0.15, 0.2) is 40.5 Å². The fraction of sp³-hybridized carbons (Fsp3) is 0.154. The van der Waals surface area contributed by atoms with E-state index in [2.05, 4.69) is 15.0 Å². The number of nitrogens with one attached hydrogen (secondary N) is 1. The molecule has 0 bridgehead atoms. The van der Waals surface area contributed by atoms with Gasteiger partial charge in [-0.2, -0.15) is 0 Å². The van der Waals surface area contributed by atoms with E-state index in [1.54, 1.807) is 24.4 Å². The smallest absolute Gasteiger partial charge is 0.258 e. The van der Waals surface area contributed by atoms with Crippen molar-refractivity contribution in [2.45, 2.75) is 10.9 Å². The van der Waals surface area contributed by atoms with E-state index in [-0.39, 0.29) is 5.56 Å². The van der Waals surface area contributed by atoms with Gasteiger partial charge in [-0.25, -0.2) is 9.97 Å². The number of thioether (sulfide) groups is 1. The first kappa shape index (κ1) is 13.2. The summed E-state index contributed by atoms with van der Waals surface area (Å²) >= 11 is 7.45. The maximum Gasteiger partial charge on any atom is 0.258 e. The predicted molar refractivity (Wildman–Crippen MR) is 80.1 cm³/mol. The molecule has 1 aromatic carbocycles. The number of imidazole rings is 1. The van der Waals surface area contributed by atoms with E-state index in [1.807, 2.05) is 17.8 Å². The first-order valence-corrected chi connectivity index (χ1v) is 7.28. The summed E-state index contributed by atoms with van der Waals surface area (Å²) in [5.74, 6) is 1.15. The molecule has 1 N–H and O–H groups in total. The molecule has 0 unspecified atom stereocenters. The van der Waals surface area contributed by atoms with Gasteiger partial charge in [0, 0.05) is 24.5 Å². The third-order valence-corrected chi connectivity index (χ3v) is 4.14. The summed E-state index contributed by atoms with van der Waals surface area (Å²) in [7, 11) is 1.92. The van der Waals surface area contributed by atoms with E-state index >= 15 is 0 Å². The average Bonchev–Trinajstić information content (AvgIpc) is 2.81. The number of rotatable bonds is 3. The standard InChI is InChI=1S/C13H11ClN4OS/c1-18-5-4-15-13(18)20-7-11-16-10-6-8(14)2-3-9(10)12(19)17-11/h2-6H,7H2,1H3,(H,16,17,19). The summed E-state index contributed by atoms with van der Waals surface area (Å²) < 4.78 is 1.92. The van der Waals surface area contributed by atoms with E-state index in [4.69, 9.17) is 11.6 Å². The molecule has 0 fully saturated rings. The van der Waals surface area contributed by atoms with Gasteiger partial charge in [0.25, 0.3) is 5.56 Å². The van der Waals surface area contributed by atoms with E-state index in [0.717, 1.165) is 5.16 Å². The Hall–Kier alpha value is -1.79. The number of fused-ring (bicyclic) bond motifs is 1. The van der Waals surface area contributed by atoms with Crippen LogP contribution in [0.4, 0.5) is 0 Å². The Balaban J connectivity index is 1.92. The molecule has 7 heteroatoms. The topological polar surface area (TPSA) is 63.6 Å². The van der Waals surface area contributed by atoms with Gasteiger partial charge < -0.3 is 9.55 Å². The molecule has 5 nitrogen and oxygen atoms in total. The van der Waals surface area contributed by atoms with Gasteiger partial charge >= 0.3 is 0 Å². The second-order valence-corrected chi connectivity index (χ2v) is 5.66. The second-order valence-electron chi connectivity index (χ2n) is 4.28. The Labute approximate surface area is 124 Å². The monoisotopic (exact) mass is 306 g/mol. The van der Waals surface area contributed by atoms with Gasteiger partial charge in [0.05, 0.1) is 16.7 Å². The van der Waals surface area contributed by atoms with Crippen molar-refractivity contribution < 1.29 is 0 Å². The number of aromatic nitrogens is 4. The number of hydrogen-bond acceptors (Lipinski definition) is 4. The molecule has 3 aromatic rings. The number of nitrogens with zero attached hydrogens (tertiary/aromatic N) is 3. The molecule has 3 rings (SSSR count). The molecular weight excluding hydrogens is 296 g/mol. The molecule has 0 saturated heterocycles. The fourth-order valence-electron chi connectivity index (χ4n) is 1.85. The van der Waals surface area contributed by atoms with Crippen LogP contribution in [0.2, 0.25) is 5.02 Å². The van der Waals surface area contributed by atoms with E-state index in [9.17, 15) is 4.79 Å². The number of aryl methyl sites for hydroxylation is 1. The number of hydrogen-bond donors (Lipinski definition) is 1. The highest BCUT2D eigenvalue weighted by atomic mass is 35.5. The lowest BCUT2D eigenvalue weighted by molar-refractivity contribution is 0.789. The van der Waals surface area contributed by atoms with Gasteiger partial charge in [-0.3, -0.25) is 4.79 Å². The number of aromatic amines is 1. The van der Waals surface area contributed by atoms with Crippen molar-refractivity contribution in [1.29, 1.82) is 0 Å². The SMILES string of the molecule is Cn1ccnc1SCc1nc2cc(Cl)ccc2c(=O)[nH]1. The lowest BCUT2D eigenvalue weighted by Crippen LogP contribution is -2.11. The third kappa shape index (κ3) is 2.57. The molecule has 0 saturated carbocycles. The summed E-state index contributed by atoms with van der Waals surface area (Å²) in [5, 5.41) is 1.98. The summed E-state index contributed by atoms with van der Waals surface area (Å²) in [6.07, 6.45) is 3.61. The van der Waals surface area contributed by atoms with Crippen LogP contribution in [-0.4, -0.2) is 19.5 Å². The highest BCUT2D eigenvalue weighted by Crippen LogP contribution is 2.20. The molecule has 0 aliphatic heterocycles. The van der Waals surface area contributed by atoms with E-state index < -0.39 is 0 Å². The molecule has 0 aliphatic carbocycles. The average molecular weight is 307 g/mol. The van der Waals surface area contributed by atoms with Crippen LogP contribution >= 0.6 is 23.4 Å². The molecule has 0 aliphatic rings. The van der Waals surface area contributed by atoms with Gasteiger partial charge in [-0.1, -0.05) is 23.4 Å². The quantitative estimate of drug-likeness (QED) is 0.756. The first-order chi connectivity index (χ1) is 9.63. The van der Waals surface area contributed by atoms with Gasteiger partial charge in [-0.15, -0.1) is 0 Å². The summed E-state index contributed by atoms with van der Waals surface area (Å²) in [4.78, 5) is 23.4. The van der Waals surface area contributed by atoms with Gasteiger partial charge in [0.15, 0.2) is 5.16 Å². The Bertz CT molecular complexity index is 827. The summed E-state index contributed by atoms with van der Waals surface area (Å²) in [6.45, 7) is 0. The Morgan fingerprint density at radius 3 is 3.05 bits per heavy atom.